The predicted molar refractivity (Wildman–Crippen MR) is 84.4 cm³/mol. The van der Waals surface area contributed by atoms with E-state index in [-0.39, 0.29) is 0 Å². The molecule has 3 heteroatoms. The third-order valence-electron chi connectivity index (χ3n) is 3.39. The summed E-state index contributed by atoms with van der Waals surface area (Å²) in [7, 11) is 1.35. The summed E-state index contributed by atoms with van der Waals surface area (Å²) in [6.45, 7) is 0. The Kier molecular flexibility index (Phi) is 4.90. The van der Waals surface area contributed by atoms with Gasteiger partial charge in [0.05, 0.1) is 7.11 Å². The highest BCUT2D eigenvalue weighted by molar-refractivity contribution is 5.82. The van der Waals surface area contributed by atoms with Crippen molar-refractivity contribution >= 4 is 12.0 Å². The zero-order chi connectivity index (χ0) is 15.1. The summed E-state index contributed by atoms with van der Waals surface area (Å²) in [4.78, 5) is 12.1. The molecule has 0 fully saturated rings. The van der Waals surface area contributed by atoms with E-state index in [4.69, 9.17) is 10.5 Å². The first-order chi connectivity index (χ1) is 10.2. The quantitative estimate of drug-likeness (QED) is 0.857. The maximum Gasteiger partial charge on any atom is 0.330 e. The van der Waals surface area contributed by atoms with Crippen LogP contribution in [0.4, 0.5) is 0 Å². The monoisotopic (exact) mass is 281 g/mol. The Balaban J connectivity index is 2.22. The van der Waals surface area contributed by atoms with Gasteiger partial charge in [-0.1, -0.05) is 72.8 Å². The molecular weight excluding hydrogens is 262 g/mol. The first-order valence-corrected chi connectivity index (χ1v) is 6.81. The smallest absolute Gasteiger partial charge is 0.330 e. The van der Waals surface area contributed by atoms with Gasteiger partial charge in [0.2, 0.25) is 0 Å². The molecule has 0 aliphatic carbocycles. The average molecular weight is 281 g/mol. The van der Waals surface area contributed by atoms with E-state index in [0.717, 1.165) is 11.1 Å². The number of rotatable bonds is 5. The Morgan fingerprint density at radius 1 is 1.10 bits per heavy atom. The third-order valence-corrected chi connectivity index (χ3v) is 3.39. The van der Waals surface area contributed by atoms with Gasteiger partial charge in [0.1, 0.15) is 5.54 Å². The zero-order valence-corrected chi connectivity index (χ0v) is 12.0. The normalized spacial score (nSPS) is 13.8. The van der Waals surface area contributed by atoms with Gasteiger partial charge in [0.25, 0.3) is 0 Å². The van der Waals surface area contributed by atoms with Crippen LogP contribution < -0.4 is 5.73 Å². The summed E-state index contributed by atoms with van der Waals surface area (Å²) in [5.41, 5.74) is 6.96. The average Bonchev–Trinajstić information content (AvgIpc) is 2.55. The van der Waals surface area contributed by atoms with Gasteiger partial charge in [-0.3, -0.25) is 0 Å². The molecule has 0 aromatic heterocycles. The van der Waals surface area contributed by atoms with Crippen molar-refractivity contribution < 1.29 is 9.53 Å². The number of methoxy groups -OCH3 is 1. The number of carbonyl (C=O) groups excluding carboxylic acids is 1. The maximum atomic E-state index is 12.1. The first-order valence-electron chi connectivity index (χ1n) is 6.81. The minimum absolute atomic E-state index is 0.374. The lowest BCUT2D eigenvalue weighted by Crippen LogP contribution is -2.45. The van der Waals surface area contributed by atoms with Crippen LogP contribution in [0.1, 0.15) is 17.5 Å². The highest BCUT2D eigenvalue weighted by Gasteiger charge is 2.35. The number of esters is 1. The molecule has 2 N–H and O–H groups in total. The highest BCUT2D eigenvalue weighted by Crippen LogP contribution is 2.24. The molecule has 0 heterocycles. The summed E-state index contributed by atoms with van der Waals surface area (Å²) < 4.78 is 4.87. The van der Waals surface area contributed by atoms with E-state index in [1.165, 1.54) is 7.11 Å². The summed E-state index contributed by atoms with van der Waals surface area (Å²) in [6.07, 6.45) is 4.23. The Morgan fingerprint density at radius 2 is 1.67 bits per heavy atom. The van der Waals surface area contributed by atoms with E-state index < -0.39 is 11.5 Å². The molecule has 1 atom stereocenters. The lowest BCUT2D eigenvalue weighted by atomic mass is 9.87. The standard InChI is InChI=1S/C18H19NO2/c1-21-17(20)18(19,16-12-6-3-7-13-16)14-8-11-15-9-4-2-5-10-15/h2-13H,14,19H2,1H3/b11-8+/t18-/m0/s1. The number of hydrogen-bond donors (Lipinski definition) is 1. The van der Waals surface area contributed by atoms with Crippen LogP contribution in [0, 0.1) is 0 Å². The van der Waals surface area contributed by atoms with Crippen LogP contribution in [0.3, 0.4) is 0 Å². The molecule has 0 radical (unpaired) electrons. The Hall–Kier alpha value is -2.39. The van der Waals surface area contributed by atoms with Gasteiger partial charge in [-0.25, -0.2) is 4.79 Å². The molecule has 3 nitrogen and oxygen atoms in total. The van der Waals surface area contributed by atoms with Gasteiger partial charge >= 0.3 is 5.97 Å². The van der Waals surface area contributed by atoms with E-state index in [0.29, 0.717) is 6.42 Å². The lowest BCUT2D eigenvalue weighted by molar-refractivity contribution is -0.147. The van der Waals surface area contributed by atoms with Crippen molar-refractivity contribution in [1.82, 2.24) is 0 Å². The minimum Gasteiger partial charge on any atom is -0.467 e. The minimum atomic E-state index is -1.17. The molecule has 2 rings (SSSR count). The van der Waals surface area contributed by atoms with Gasteiger partial charge in [-0.05, 0) is 17.5 Å². The third kappa shape index (κ3) is 3.58. The van der Waals surface area contributed by atoms with Crippen molar-refractivity contribution in [1.29, 1.82) is 0 Å². The largest absolute Gasteiger partial charge is 0.467 e. The van der Waals surface area contributed by atoms with Gasteiger partial charge in [-0.15, -0.1) is 0 Å². The molecule has 21 heavy (non-hydrogen) atoms. The van der Waals surface area contributed by atoms with Gasteiger partial charge < -0.3 is 10.5 Å². The number of benzene rings is 2. The Bertz CT molecular complexity index is 608. The second-order valence-electron chi connectivity index (χ2n) is 4.85. The summed E-state index contributed by atoms with van der Waals surface area (Å²) in [5, 5.41) is 0. The molecule has 2 aromatic carbocycles. The highest BCUT2D eigenvalue weighted by atomic mass is 16.5. The number of carbonyl (C=O) groups is 1. The topological polar surface area (TPSA) is 52.3 Å². The van der Waals surface area contributed by atoms with Crippen molar-refractivity contribution in [3.8, 4) is 0 Å². The van der Waals surface area contributed by atoms with E-state index in [2.05, 4.69) is 0 Å². The van der Waals surface area contributed by atoms with Crippen molar-refractivity contribution in [3.05, 3.63) is 77.9 Å². The van der Waals surface area contributed by atoms with Gasteiger partial charge in [-0.2, -0.15) is 0 Å². The molecule has 0 aliphatic rings. The summed E-state index contributed by atoms with van der Waals surface area (Å²) in [6, 6.07) is 19.2. The molecular formula is C18H19NO2. The SMILES string of the molecule is COC(=O)[C@](N)(C/C=C/c1ccccc1)c1ccccc1. The van der Waals surface area contributed by atoms with E-state index in [1.807, 2.05) is 72.8 Å². The predicted octanol–water partition coefficient (Wildman–Crippen LogP) is 3.12. The Morgan fingerprint density at radius 3 is 2.24 bits per heavy atom. The van der Waals surface area contributed by atoms with Crippen LogP contribution in [-0.4, -0.2) is 13.1 Å². The molecule has 0 aliphatic heterocycles. The van der Waals surface area contributed by atoms with Crippen molar-refractivity contribution in [2.45, 2.75) is 12.0 Å². The fourth-order valence-electron chi connectivity index (χ4n) is 2.18. The first kappa shape index (κ1) is 15.0. The van der Waals surface area contributed by atoms with Gasteiger partial charge in [0, 0.05) is 0 Å². The second-order valence-corrected chi connectivity index (χ2v) is 4.85. The molecule has 0 spiro atoms. The molecule has 0 amide bonds. The van der Waals surface area contributed by atoms with Crippen LogP contribution in [0.15, 0.2) is 66.7 Å². The number of nitrogens with two attached hydrogens (primary N) is 1. The van der Waals surface area contributed by atoms with Crippen LogP contribution in [0.5, 0.6) is 0 Å². The Labute approximate surface area is 125 Å². The zero-order valence-electron chi connectivity index (χ0n) is 12.0. The fraction of sp³-hybridized carbons (Fsp3) is 0.167. The lowest BCUT2D eigenvalue weighted by Gasteiger charge is -2.25. The van der Waals surface area contributed by atoms with Crippen LogP contribution in [-0.2, 0) is 15.1 Å². The van der Waals surface area contributed by atoms with Crippen molar-refractivity contribution in [3.63, 3.8) is 0 Å². The molecule has 108 valence electrons. The van der Waals surface area contributed by atoms with Crippen molar-refractivity contribution in [2.75, 3.05) is 7.11 Å². The molecule has 0 unspecified atom stereocenters. The second kappa shape index (κ2) is 6.86. The van der Waals surface area contributed by atoms with Gasteiger partial charge in [0.15, 0.2) is 0 Å². The summed E-state index contributed by atoms with van der Waals surface area (Å²) in [5.74, 6) is -0.439. The molecule has 2 aromatic rings. The maximum absolute atomic E-state index is 12.1. The molecule has 0 saturated carbocycles. The number of hydrogen-bond acceptors (Lipinski definition) is 3. The van der Waals surface area contributed by atoms with Crippen LogP contribution in [0.2, 0.25) is 0 Å². The van der Waals surface area contributed by atoms with E-state index >= 15 is 0 Å². The number of ether oxygens (including phenoxy) is 1. The van der Waals surface area contributed by atoms with E-state index in [9.17, 15) is 4.79 Å². The fourth-order valence-corrected chi connectivity index (χ4v) is 2.18. The molecule has 0 bridgehead atoms. The van der Waals surface area contributed by atoms with Crippen molar-refractivity contribution in [2.24, 2.45) is 5.73 Å². The van der Waals surface area contributed by atoms with Crippen LogP contribution in [0.25, 0.3) is 6.08 Å². The summed E-state index contributed by atoms with van der Waals surface area (Å²) >= 11 is 0. The van der Waals surface area contributed by atoms with E-state index in [1.54, 1.807) is 0 Å². The molecule has 0 saturated heterocycles. The van der Waals surface area contributed by atoms with Crippen LogP contribution >= 0.6 is 0 Å².